The number of fused-ring (bicyclic) bond motifs is 1. The lowest BCUT2D eigenvalue weighted by molar-refractivity contribution is 0.342. The van der Waals surface area contributed by atoms with E-state index in [1.807, 2.05) is 13.0 Å². The molecule has 4 heteroatoms. The molecule has 1 unspecified atom stereocenters. The summed E-state index contributed by atoms with van der Waals surface area (Å²) in [5, 5.41) is 12.5. The molecule has 3 nitrogen and oxygen atoms in total. The highest BCUT2D eigenvalue weighted by Crippen LogP contribution is 2.37. The second-order valence-corrected chi connectivity index (χ2v) is 7.80. The Morgan fingerprint density at radius 3 is 2.63 bits per heavy atom. The SMILES string of the molecule is CCOPCOc1cc(C)c2c(-c3ccc(O)c(C(C)C)c3)cccc2c1. The van der Waals surface area contributed by atoms with E-state index in [2.05, 4.69) is 57.2 Å². The average Bonchev–Trinajstić information content (AvgIpc) is 2.65. The molecular formula is C23H27O3P. The Morgan fingerprint density at radius 1 is 1.07 bits per heavy atom. The van der Waals surface area contributed by atoms with Crippen molar-refractivity contribution in [1.29, 1.82) is 0 Å². The number of aryl methyl sites for hydroxylation is 1. The van der Waals surface area contributed by atoms with Gasteiger partial charge in [0.15, 0.2) is 0 Å². The van der Waals surface area contributed by atoms with Gasteiger partial charge in [-0.3, -0.25) is 0 Å². The van der Waals surface area contributed by atoms with E-state index in [-0.39, 0.29) is 5.92 Å². The number of hydrogen-bond donors (Lipinski definition) is 1. The molecule has 142 valence electrons. The molecule has 0 aliphatic carbocycles. The third kappa shape index (κ3) is 4.43. The Morgan fingerprint density at radius 2 is 1.89 bits per heavy atom. The van der Waals surface area contributed by atoms with Crippen LogP contribution in [0.1, 0.15) is 37.8 Å². The second-order valence-electron chi connectivity index (χ2n) is 6.94. The van der Waals surface area contributed by atoms with Crippen molar-refractivity contribution < 1.29 is 14.4 Å². The molecule has 0 aromatic heterocycles. The van der Waals surface area contributed by atoms with Crippen molar-refractivity contribution in [3.8, 4) is 22.6 Å². The van der Waals surface area contributed by atoms with Crippen molar-refractivity contribution in [2.75, 3.05) is 13.0 Å². The van der Waals surface area contributed by atoms with Gasteiger partial charge in [0.2, 0.25) is 0 Å². The summed E-state index contributed by atoms with van der Waals surface area (Å²) < 4.78 is 11.2. The Balaban J connectivity index is 2.01. The van der Waals surface area contributed by atoms with Crippen LogP contribution in [-0.2, 0) is 4.52 Å². The van der Waals surface area contributed by atoms with Crippen LogP contribution in [0.15, 0.2) is 48.5 Å². The molecule has 0 heterocycles. The maximum Gasteiger partial charge on any atom is 0.129 e. The predicted molar refractivity (Wildman–Crippen MR) is 115 cm³/mol. The number of aromatic hydroxyl groups is 1. The van der Waals surface area contributed by atoms with E-state index < -0.39 is 0 Å². The molecule has 0 fully saturated rings. The van der Waals surface area contributed by atoms with E-state index >= 15 is 0 Å². The van der Waals surface area contributed by atoms with Gasteiger partial charge in [0.05, 0.1) is 8.81 Å². The summed E-state index contributed by atoms with van der Waals surface area (Å²) in [6.45, 7) is 9.02. The van der Waals surface area contributed by atoms with Gasteiger partial charge in [-0.15, -0.1) is 0 Å². The van der Waals surface area contributed by atoms with Gasteiger partial charge >= 0.3 is 0 Å². The van der Waals surface area contributed by atoms with Crippen molar-refractivity contribution in [1.82, 2.24) is 0 Å². The van der Waals surface area contributed by atoms with Crippen molar-refractivity contribution in [2.45, 2.75) is 33.6 Å². The quantitative estimate of drug-likeness (QED) is 0.369. The van der Waals surface area contributed by atoms with Crippen LogP contribution in [-0.4, -0.2) is 18.1 Å². The smallest absolute Gasteiger partial charge is 0.129 e. The van der Waals surface area contributed by atoms with Gasteiger partial charge in [-0.2, -0.15) is 0 Å². The summed E-state index contributed by atoms with van der Waals surface area (Å²) >= 11 is 0. The Hall–Kier alpha value is -2.09. The van der Waals surface area contributed by atoms with Crippen molar-refractivity contribution >= 4 is 19.6 Å². The fraction of sp³-hybridized carbons (Fsp3) is 0.304. The Labute approximate surface area is 163 Å². The minimum atomic E-state index is 0.271. The monoisotopic (exact) mass is 382 g/mol. The van der Waals surface area contributed by atoms with E-state index in [0.717, 1.165) is 22.3 Å². The zero-order valence-electron chi connectivity index (χ0n) is 16.4. The Bertz CT molecular complexity index is 934. The lowest BCUT2D eigenvalue weighted by Crippen LogP contribution is -1.94. The largest absolute Gasteiger partial charge is 0.508 e. The molecule has 3 aromatic carbocycles. The van der Waals surface area contributed by atoms with Crippen LogP contribution < -0.4 is 4.74 Å². The molecule has 3 rings (SSSR count). The minimum Gasteiger partial charge on any atom is -0.508 e. The van der Waals surface area contributed by atoms with Gasteiger partial charge in [0, 0.05) is 6.61 Å². The summed E-state index contributed by atoms with van der Waals surface area (Å²) in [5.41, 5.74) is 4.45. The minimum absolute atomic E-state index is 0.271. The molecule has 0 bridgehead atoms. The molecule has 0 aliphatic rings. The summed E-state index contributed by atoms with van der Waals surface area (Å²) in [6, 6.07) is 16.4. The van der Waals surface area contributed by atoms with Crippen LogP contribution in [0.5, 0.6) is 11.5 Å². The van der Waals surface area contributed by atoms with E-state index in [0.29, 0.717) is 27.5 Å². The molecule has 0 aliphatic heterocycles. The topological polar surface area (TPSA) is 38.7 Å². The molecule has 0 spiro atoms. The lowest BCUT2D eigenvalue weighted by atomic mass is 9.92. The van der Waals surface area contributed by atoms with Crippen LogP contribution >= 0.6 is 8.81 Å². The standard InChI is InChI=1S/C23H27O3P/c1-5-26-27-14-25-19-11-16(4)23-18(12-19)7-6-8-20(23)17-9-10-22(24)21(13-17)15(2)3/h6-13,15,24,27H,5,14H2,1-4H3. The van der Waals surface area contributed by atoms with Gasteiger partial charge < -0.3 is 14.4 Å². The molecular weight excluding hydrogens is 355 g/mol. The number of benzene rings is 3. The molecule has 1 N–H and O–H groups in total. The first-order chi connectivity index (χ1) is 13.0. The molecule has 27 heavy (non-hydrogen) atoms. The maximum atomic E-state index is 10.2. The zero-order valence-corrected chi connectivity index (χ0v) is 17.4. The van der Waals surface area contributed by atoms with Crippen LogP contribution in [0, 0.1) is 6.92 Å². The normalized spacial score (nSPS) is 11.7. The second kappa shape index (κ2) is 8.73. The first-order valence-corrected chi connectivity index (χ1v) is 10.5. The number of ether oxygens (including phenoxy) is 1. The first kappa shape index (κ1) is 19.7. The lowest BCUT2D eigenvalue weighted by Gasteiger charge is -2.15. The fourth-order valence-electron chi connectivity index (χ4n) is 3.38. The zero-order chi connectivity index (χ0) is 19.4. The molecule has 0 radical (unpaired) electrons. The van der Waals surface area contributed by atoms with E-state index in [9.17, 15) is 5.11 Å². The maximum absolute atomic E-state index is 10.2. The van der Waals surface area contributed by atoms with Gasteiger partial charge in [0.1, 0.15) is 17.8 Å². The van der Waals surface area contributed by atoms with Gasteiger partial charge in [-0.25, -0.2) is 0 Å². The van der Waals surface area contributed by atoms with Gasteiger partial charge in [0.25, 0.3) is 0 Å². The summed E-state index contributed by atoms with van der Waals surface area (Å²) in [5.74, 6) is 1.50. The van der Waals surface area contributed by atoms with Crippen molar-refractivity contribution in [3.05, 3.63) is 59.7 Å². The van der Waals surface area contributed by atoms with Gasteiger partial charge in [-0.05, 0) is 77.1 Å². The van der Waals surface area contributed by atoms with E-state index in [4.69, 9.17) is 9.26 Å². The number of hydrogen-bond acceptors (Lipinski definition) is 3. The van der Waals surface area contributed by atoms with Crippen molar-refractivity contribution in [3.63, 3.8) is 0 Å². The summed E-state index contributed by atoms with van der Waals surface area (Å²) in [7, 11) is 0.355. The van der Waals surface area contributed by atoms with E-state index in [1.165, 1.54) is 16.5 Å². The molecule has 3 aromatic rings. The number of rotatable bonds is 7. The van der Waals surface area contributed by atoms with Crippen LogP contribution in [0.2, 0.25) is 0 Å². The molecule has 0 saturated carbocycles. The summed E-state index contributed by atoms with van der Waals surface area (Å²) in [6.07, 6.45) is 0.578. The van der Waals surface area contributed by atoms with Crippen LogP contribution in [0.3, 0.4) is 0 Å². The third-order valence-corrected chi connectivity index (χ3v) is 5.41. The molecule has 0 saturated heterocycles. The number of phenols is 1. The predicted octanol–water partition coefficient (Wildman–Crippen LogP) is 6.61. The van der Waals surface area contributed by atoms with Crippen LogP contribution in [0.4, 0.5) is 0 Å². The van der Waals surface area contributed by atoms with Gasteiger partial charge in [-0.1, -0.05) is 38.1 Å². The summed E-state index contributed by atoms with van der Waals surface area (Å²) in [4.78, 5) is 0. The Kier molecular flexibility index (Phi) is 6.36. The highest BCUT2D eigenvalue weighted by Gasteiger charge is 2.12. The fourth-order valence-corrected chi connectivity index (χ4v) is 3.89. The molecule has 1 atom stereocenters. The van der Waals surface area contributed by atoms with Crippen molar-refractivity contribution in [2.24, 2.45) is 0 Å². The molecule has 0 amide bonds. The highest BCUT2D eigenvalue weighted by atomic mass is 31.1. The third-order valence-electron chi connectivity index (χ3n) is 4.65. The highest BCUT2D eigenvalue weighted by molar-refractivity contribution is 7.31. The first-order valence-electron chi connectivity index (χ1n) is 9.35. The van der Waals surface area contributed by atoms with Crippen LogP contribution in [0.25, 0.3) is 21.9 Å². The average molecular weight is 382 g/mol. The number of phenolic OH excluding ortho intramolecular Hbond substituents is 1. The van der Waals surface area contributed by atoms with E-state index in [1.54, 1.807) is 6.07 Å².